The van der Waals surface area contributed by atoms with E-state index in [9.17, 15) is 39.3 Å². The number of aliphatic hydroxyl groups is 1. The van der Waals surface area contributed by atoms with Crippen molar-refractivity contribution in [3.05, 3.63) is 29.8 Å². The van der Waals surface area contributed by atoms with Crippen molar-refractivity contribution in [1.29, 1.82) is 0 Å². The highest BCUT2D eigenvalue weighted by Crippen LogP contribution is 2.13. The van der Waals surface area contributed by atoms with Crippen LogP contribution in [0.4, 0.5) is 0 Å². The number of carbonyl (C=O) groups excluding carboxylic acids is 4. The molecule has 16 heteroatoms. The van der Waals surface area contributed by atoms with Crippen molar-refractivity contribution in [3.63, 3.8) is 0 Å². The number of carboxylic acids is 1. The Morgan fingerprint density at radius 1 is 0.955 bits per heavy atom. The van der Waals surface area contributed by atoms with Crippen LogP contribution in [0.15, 0.2) is 29.3 Å². The molecule has 0 saturated heterocycles. The summed E-state index contributed by atoms with van der Waals surface area (Å²) < 4.78 is 0. The number of aliphatic imine (C=N–C) groups is 1. The standard InChI is InChI=1S/C28H46N8O8/c1-15(2)12-21(26(42)36(4)14-22(39)35-23(16(3)37)27(43)44)34-25(41)20(13-17-7-9-18(38)10-8-17)33-24(40)19(29)6-5-11-32-28(30)31/h7-10,15-16,19-21,23,37-38H,5-6,11-14,29H2,1-4H3,(H,33,40)(H,34,41)(H,35,39)(H,43,44)(H4,30,31,32)/t16-,19+,20+,21+,23+/m1/s1. The van der Waals surface area contributed by atoms with Crippen molar-refractivity contribution in [2.45, 2.75) is 76.7 Å². The molecule has 246 valence electrons. The number of phenolic OH excluding ortho intramolecular Hbond substituents is 1. The topological polar surface area (TPSA) is 276 Å². The van der Waals surface area contributed by atoms with E-state index in [4.69, 9.17) is 17.2 Å². The zero-order valence-electron chi connectivity index (χ0n) is 25.5. The van der Waals surface area contributed by atoms with Crippen LogP contribution in [0.3, 0.4) is 0 Å². The largest absolute Gasteiger partial charge is 0.508 e. The second-order valence-electron chi connectivity index (χ2n) is 11.0. The first-order valence-corrected chi connectivity index (χ1v) is 14.2. The molecule has 16 nitrogen and oxygen atoms in total. The van der Waals surface area contributed by atoms with Gasteiger partial charge in [0.05, 0.1) is 18.7 Å². The highest BCUT2D eigenvalue weighted by molar-refractivity contribution is 5.94. The third-order valence-corrected chi connectivity index (χ3v) is 6.46. The molecule has 0 aliphatic heterocycles. The lowest BCUT2D eigenvalue weighted by Gasteiger charge is -2.28. The molecule has 12 N–H and O–H groups in total. The molecule has 0 heterocycles. The van der Waals surface area contributed by atoms with Gasteiger partial charge in [-0.05, 0) is 49.8 Å². The van der Waals surface area contributed by atoms with Crippen LogP contribution in [0.5, 0.6) is 5.75 Å². The fraction of sp³-hybridized carbons (Fsp3) is 0.571. The molecule has 1 aromatic carbocycles. The van der Waals surface area contributed by atoms with Crippen LogP contribution in [-0.4, -0.2) is 106 Å². The number of phenols is 1. The van der Waals surface area contributed by atoms with Gasteiger partial charge in [-0.15, -0.1) is 0 Å². The van der Waals surface area contributed by atoms with E-state index in [2.05, 4.69) is 20.9 Å². The molecule has 0 aromatic heterocycles. The molecule has 0 spiro atoms. The molecule has 0 fully saturated rings. The Bertz CT molecular complexity index is 1150. The maximum Gasteiger partial charge on any atom is 0.328 e. The fourth-order valence-electron chi connectivity index (χ4n) is 4.14. The van der Waals surface area contributed by atoms with Crippen molar-refractivity contribution in [1.82, 2.24) is 20.9 Å². The van der Waals surface area contributed by atoms with E-state index >= 15 is 0 Å². The predicted molar refractivity (Wildman–Crippen MR) is 162 cm³/mol. The molecule has 0 unspecified atom stereocenters. The molecule has 0 radical (unpaired) electrons. The van der Waals surface area contributed by atoms with Gasteiger partial charge in [-0.3, -0.25) is 24.2 Å². The summed E-state index contributed by atoms with van der Waals surface area (Å²) in [4.78, 5) is 68.4. The first-order chi connectivity index (χ1) is 20.5. The zero-order valence-corrected chi connectivity index (χ0v) is 25.5. The highest BCUT2D eigenvalue weighted by atomic mass is 16.4. The van der Waals surface area contributed by atoms with Gasteiger partial charge in [0, 0.05) is 20.0 Å². The van der Waals surface area contributed by atoms with E-state index in [1.165, 1.54) is 26.1 Å². The first kappa shape index (κ1) is 37.6. The molecular weight excluding hydrogens is 576 g/mol. The summed E-state index contributed by atoms with van der Waals surface area (Å²) in [5.41, 5.74) is 17.2. The fourth-order valence-corrected chi connectivity index (χ4v) is 4.14. The lowest BCUT2D eigenvalue weighted by atomic mass is 10.00. The Balaban J connectivity index is 3.09. The Morgan fingerprint density at radius 3 is 2.07 bits per heavy atom. The SMILES string of the molecule is CC(C)C[C@H](NC(=O)[C@H](Cc1ccc(O)cc1)NC(=O)[C@@H](N)CCCN=C(N)N)C(=O)N(C)CC(=O)N[C@H](C(=O)O)[C@@H](C)O. The van der Waals surface area contributed by atoms with E-state index < -0.39 is 66.4 Å². The number of carbonyl (C=O) groups is 5. The molecular formula is C28H46N8O8. The number of rotatable bonds is 18. The number of aliphatic hydroxyl groups excluding tert-OH is 1. The summed E-state index contributed by atoms with van der Waals surface area (Å²) in [5.74, 6) is -4.33. The summed E-state index contributed by atoms with van der Waals surface area (Å²) in [6, 6.07) is 1.22. The number of guanidine groups is 1. The first-order valence-electron chi connectivity index (χ1n) is 14.2. The third kappa shape index (κ3) is 13.7. The Hall–Kier alpha value is -4.44. The van der Waals surface area contributed by atoms with Gasteiger partial charge in [-0.2, -0.15) is 0 Å². The smallest absolute Gasteiger partial charge is 0.328 e. The van der Waals surface area contributed by atoms with Crippen LogP contribution < -0.4 is 33.2 Å². The number of aliphatic carboxylic acids is 1. The number of nitrogens with one attached hydrogen (secondary N) is 3. The van der Waals surface area contributed by atoms with Crippen molar-refractivity contribution < 1.29 is 39.3 Å². The Kier molecular flexibility index (Phi) is 15.6. The Labute approximate surface area is 256 Å². The number of hydrogen-bond acceptors (Lipinski definition) is 9. The van der Waals surface area contributed by atoms with Gasteiger partial charge < -0.3 is 53.4 Å². The summed E-state index contributed by atoms with van der Waals surface area (Å²) in [6.07, 6.45) is -0.537. The summed E-state index contributed by atoms with van der Waals surface area (Å²) in [6.45, 7) is 4.59. The number of likely N-dealkylation sites (N-methyl/N-ethyl adjacent to an activating group) is 1. The van der Waals surface area contributed by atoms with Crippen molar-refractivity contribution in [3.8, 4) is 5.75 Å². The van der Waals surface area contributed by atoms with Crippen LogP contribution in [0.25, 0.3) is 0 Å². The summed E-state index contributed by atoms with van der Waals surface area (Å²) in [5, 5.41) is 35.9. The van der Waals surface area contributed by atoms with Gasteiger partial charge in [0.15, 0.2) is 12.0 Å². The third-order valence-electron chi connectivity index (χ3n) is 6.46. The van der Waals surface area contributed by atoms with Crippen LogP contribution in [-0.2, 0) is 30.4 Å². The lowest BCUT2D eigenvalue weighted by Crippen LogP contribution is -2.57. The summed E-state index contributed by atoms with van der Waals surface area (Å²) >= 11 is 0. The molecule has 44 heavy (non-hydrogen) atoms. The number of hydrogen-bond donors (Lipinski definition) is 9. The van der Waals surface area contributed by atoms with Gasteiger partial charge in [0.2, 0.25) is 23.6 Å². The quantitative estimate of drug-likeness (QED) is 0.0478. The second kappa shape index (κ2) is 18.3. The van der Waals surface area contributed by atoms with E-state index in [-0.39, 0.29) is 43.4 Å². The number of nitrogens with zero attached hydrogens (tertiary/aromatic N) is 2. The van der Waals surface area contributed by atoms with Gasteiger partial charge >= 0.3 is 5.97 Å². The maximum atomic E-state index is 13.5. The number of aromatic hydroxyl groups is 1. The normalized spacial score (nSPS) is 14.3. The average molecular weight is 623 g/mol. The molecule has 1 rings (SSSR count). The van der Waals surface area contributed by atoms with Gasteiger partial charge in [0.25, 0.3) is 0 Å². The molecule has 0 aliphatic carbocycles. The number of carboxylic acid groups (broad SMARTS) is 1. The molecule has 5 atom stereocenters. The maximum absolute atomic E-state index is 13.5. The van der Waals surface area contributed by atoms with Gasteiger partial charge in [0.1, 0.15) is 17.8 Å². The van der Waals surface area contributed by atoms with E-state index in [1.54, 1.807) is 12.1 Å². The molecule has 0 aliphatic rings. The number of nitrogens with two attached hydrogens (primary N) is 3. The minimum Gasteiger partial charge on any atom is -0.508 e. The average Bonchev–Trinajstić information content (AvgIpc) is 2.92. The minimum atomic E-state index is -1.57. The summed E-state index contributed by atoms with van der Waals surface area (Å²) in [7, 11) is 1.32. The van der Waals surface area contributed by atoms with Crippen LogP contribution in [0.1, 0.15) is 45.6 Å². The van der Waals surface area contributed by atoms with E-state index in [0.29, 0.717) is 12.0 Å². The van der Waals surface area contributed by atoms with Crippen molar-refractivity contribution >= 4 is 35.6 Å². The van der Waals surface area contributed by atoms with Crippen molar-refractivity contribution in [2.75, 3.05) is 20.1 Å². The molecule has 0 saturated carbocycles. The van der Waals surface area contributed by atoms with Crippen LogP contribution in [0, 0.1) is 5.92 Å². The molecule has 1 aromatic rings. The predicted octanol–water partition coefficient (Wildman–Crippen LogP) is -2.26. The second-order valence-corrected chi connectivity index (χ2v) is 11.0. The number of benzene rings is 1. The molecule has 4 amide bonds. The van der Waals surface area contributed by atoms with E-state index in [1.807, 2.05) is 13.8 Å². The van der Waals surface area contributed by atoms with Crippen molar-refractivity contribution in [2.24, 2.45) is 28.1 Å². The van der Waals surface area contributed by atoms with Crippen LogP contribution >= 0.6 is 0 Å². The number of amides is 4. The van der Waals surface area contributed by atoms with Gasteiger partial charge in [-0.1, -0.05) is 26.0 Å². The van der Waals surface area contributed by atoms with Gasteiger partial charge in [-0.25, -0.2) is 4.79 Å². The van der Waals surface area contributed by atoms with E-state index in [0.717, 1.165) is 4.90 Å². The van der Waals surface area contributed by atoms with Crippen LogP contribution in [0.2, 0.25) is 0 Å². The lowest BCUT2D eigenvalue weighted by molar-refractivity contribution is -0.145. The zero-order chi connectivity index (χ0) is 33.6. The monoisotopic (exact) mass is 622 g/mol. The minimum absolute atomic E-state index is 0.00925. The molecule has 0 bridgehead atoms. The highest BCUT2D eigenvalue weighted by Gasteiger charge is 2.32. The Morgan fingerprint density at radius 2 is 1.55 bits per heavy atom.